The van der Waals surface area contributed by atoms with Gasteiger partial charge in [0.25, 0.3) is 5.91 Å². The number of aryl methyl sites for hydroxylation is 1. The van der Waals surface area contributed by atoms with Crippen LogP contribution in [0.15, 0.2) is 47.1 Å². The summed E-state index contributed by atoms with van der Waals surface area (Å²) < 4.78 is 8.21. The number of amides is 1. The van der Waals surface area contributed by atoms with E-state index in [0.717, 1.165) is 40.3 Å². The monoisotopic (exact) mass is 469 g/mol. The van der Waals surface area contributed by atoms with E-state index in [1.807, 2.05) is 50.2 Å². The van der Waals surface area contributed by atoms with Crippen molar-refractivity contribution < 1.29 is 9.53 Å². The maximum atomic E-state index is 12.9. The van der Waals surface area contributed by atoms with Crippen LogP contribution < -0.4 is 10.2 Å². The lowest BCUT2D eigenvalue weighted by molar-refractivity contribution is 0.0949. The molecule has 0 radical (unpaired) electrons. The summed E-state index contributed by atoms with van der Waals surface area (Å²) in [6, 6.07) is 11.8. The predicted molar refractivity (Wildman–Crippen MR) is 119 cm³/mol. The number of nitrogens with one attached hydrogen (secondary N) is 1. The molecule has 1 N–H and O–H groups in total. The third-order valence-corrected chi connectivity index (χ3v) is 5.72. The van der Waals surface area contributed by atoms with E-state index >= 15 is 0 Å². The molecular formula is C22H24BrN5O2. The van der Waals surface area contributed by atoms with E-state index in [9.17, 15) is 4.79 Å². The lowest BCUT2D eigenvalue weighted by Gasteiger charge is -2.28. The Balaban J connectivity index is 1.48. The molecule has 2 aromatic heterocycles. The van der Waals surface area contributed by atoms with Crippen LogP contribution in [0.4, 0.5) is 5.82 Å². The highest BCUT2D eigenvalue weighted by molar-refractivity contribution is 9.10. The maximum absolute atomic E-state index is 12.9. The first-order valence-electron chi connectivity index (χ1n) is 9.91. The van der Waals surface area contributed by atoms with Crippen LogP contribution in [0.3, 0.4) is 0 Å². The number of hydrogen-bond donors (Lipinski definition) is 1. The molecule has 1 amide bonds. The number of morpholine rings is 1. The van der Waals surface area contributed by atoms with Crippen LogP contribution in [0.25, 0.3) is 5.69 Å². The smallest absolute Gasteiger partial charge is 0.255 e. The molecule has 0 atom stereocenters. The molecule has 30 heavy (non-hydrogen) atoms. The third kappa shape index (κ3) is 4.39. The van der Waals surface area contributed by atoms with Crippen LogP contribution >= 0.6 is 15.9 Å². The SMILES string of the molecule is Cc1nn(-c2ccc(Br)cc2)c(C)c1C(=O)NCc1ccnc(N2CCOCC2)c1. The number of carbonyl (C=O) groups excluding carboxylic acids is 1. The first-order valence-corrected chi connectivity index (χ1v) is 10.7. The summed E-state index contributed by atoms with van der Waals surface area (Å²) in [5.74, 6) is 0.790. The fourth-order valence-electron chi connectivity index (χ4n) is 3.61. The number of ether oxygens (including phenoxy) is 1. The molecular weight excluding hydrogens is 446 g/mol. The highest BCUT2D eigenvalue weighted by Crippen LogP contribution is 2.20. The van der Waals surface area contributed by atoms with E-state index in [4.69, 9.17) is 4.74 Å². The molecule has 0 aliphatic carbocycles. The predicted octanol–water partition coefficient (Wildman–Crippen LogP) is 3.41. The van der Waals surface area contributed by atoms with Crippen LogP contribution in [-0.4, -0.2) is 47.0 Å². The van der Waals surface area contributed by atoms with Crippen LogP contribution in [0.5, 0.6) is 0 Å². The summed E-state index contributed by atoms with van der Waals surface area (Å²) in [5.41, 5.74) is 4.06. The van der Waals surface area contributed by atoms with Gasteiger partial charge in [0.2, 0.25) is 0 Å². The summed E-state index contributed by atoms with van der Waals surface area (Å²) in [5, 5.41) is 7.60. The topological polar surface area (TPSA) is 72.3 Å². The fraction of sp³-hybridized carbons (Fsp3) is 0.318. The van der Waals surface area contributed by atoms with Gasteiger partial charge < -0.3 is 15.0 Å². The van der Waals surface area contributed by atoms with Crippen molar-refractivity contribution in [3.05, 3.63) is 69.6 Å². The molecule has 1 aliphatic heterocycles. The molecule has 1 aromatic carbocycles. The molecule has 0 bridgehead atoms. The van der Waals surface area contributed by atoms with Gasteiger partial charge in [-0.3, -0.25) is 4.79 Å². The third-order valence-electron chi connectivity index (χ3n) is 5.19. The Morgan fingerprint density at radius 1 is 1.17 bits per heavy atom. The molecule has 0 saturated carbocycles. The minimum absolute atomic E-state index is 0.127. The molecule has 1 saturated heterocycles. The second-order valence-electron chi connectivity index (χ2n) is 7.24. The zero-order valence-electron chi connectivity index (χ0n) is 17.1. The molecule has 1 fully saturated rings. The Labute approximate surface area is 184 Å². The van der Waals surface area contributed by atoms with Crippen LogP contribution in [0, 0.1) is 13.8 Å². The zero-order chi connectivity index (χ0) is 21.1. The average Bonchev–Trinajstić information content (AvgIpc) is 3.07. The number of anilines is 1. The van der Waals surface area contributed by atoms with Gasteiger partial charge in [0, 0.05) is 30.3 Å². The van der Waals surface area contributed by atoms with E-state index in [1.165, 1.54) is 0 Å². The Hall–Kier alpha value is -2.71. The minimum atomic E-state index is -0.127. The summed E-state index contributed by atoms with van der Waals surface area (Å²) in [6.07, 6.45) is 1.79. The first-order chi connectivity index (χ1) is 14.5. The van der Waals surface area contributed by atoms with Crippen molar-refractivity contribution in [1.82, 2.24) is 20.1 Å². The highest BCUT2D eigenvalue weighted by atomic mass is 79.9. The molecule has 0 unspecified atom stereocenters. The highest BCUT2D eigenvalue weighted by Gasteiger charge is 2.19. The second kappa shape index (κ2) is 8.97. The molecule has 8 heteroatoms. The van der Waals surface area contributed by atoms with E-state index < -0.39 is 0 Å². The van der Waals surface area contributed by atoms with Gasteiger partial charge in [-0.25, -0.2) is 9.67 Å². The van der Waals surface area contributed by atoms with Crippen molar-refractivity contribution in [2.75, 3.05) is 31.2 Å². The van der Waals surface area contributed by atoms with Crippen molar-refractivity contribution >= 4 is 27.7 Å². The Morgan fingerprint density at radius 2 is 1.90 bits per heavy atom. The van der Waals surface area contributed by atoms with Crippen molar-refractivity contribution in [3.63, 3.8) is 0 Å². The number of pyridine rings is 1. The van der Waals surface area contributed by atoms with Gasteiger partial charge in [-0.2, -0.15) is 5.10 Å². The fourth-order valence-corrected chi connectivity index (χ4v) is 3.88. The second-order valence-corrected chi connectivity index (χ2v) is 8.15. The van der Waals surface area contributed by atoms with Gasteiger partial charge in [0.05, 0.1) is 35.9 Å². The standard InChI is InChI=1S/C22H24BrN5O2/c1-15-21(16(2)28(26-15)19-5-3-18(23)4-6-19)22(29)25-14-17-7-8-24-20(13-17)27-9-11-30-12-10-27/h3-8,13H,9-12,14H2,1-2H3,(H,25,29). The Kier molecular flexibility index (Phi) is 6.15. The zero-order valence-corrected chi connectivity index (χ0v) is 18.6. The molecule has 0 spiro atoms. The summed E-state index contributed by atoms with van der Waals surface area (Å²) >= 11 is 3.45. The van der Waals surface area contributed by atoms with Crippen molar-refractivity contribution in [2.24, 2.45) is 0 Å². The summed E-state index contributed by atoms with van der Waals surface area (Å²) in [7, 11) is 0. The van der Waals surface area contributed by atoms with Gasteiger partial charge in [0.15, 0.2) is 0 Å². The van der Waals surface area contributed by atoms with Gasteiger partial charge in [-0.15, -0.1) is 0 Å². The number of benzene rings is 1. The normalized spacial score (nSPS) is 14.0. The molecule has 3 aromatic rings. The molecule has 4 rings (SSSR count). The average molecular weight is 470 g/mol. The number of carbonyl (C=O) groups is 1. The van der Waals surface area contributed by atoms with Crippen molar-refractivity contribution in [3.8, 4) is 5.69 Å². The number of nitrogens with zero attached hydrogens (tertiary/aromatic N) is 4. The summed E-state index contributed by atoms with van der Waals surface area (Å²) in [4.78, 5) is 19.6. The molecule has 156 valence electrons. The van der Waals surface area contributed by atoms with Gasteiger partial charge in [0.1, 0.15) is 5.82 Å². The van der Waals surface area contributed by atoms with Crippen molar-refractivity contribution in [2.45, 2.75) is 20.4 Å². The lowest BCUT2D eigenvalue weighted by atomic mass is 10.1. The van der Waals surface area contributed by atoms with E-state index in [1.54, 1.807) is 10.9 Å². The number of hydrogen-bond acceptors (Lipinski definition) is 5. The van der Waals surface area contributed by atoms with Gasteiger partial charge in [-0.05, 0) is 55.8 Å². The Morgan fingerprint density at radius 3 is 2.63 bits per heavy atom. The van der Waals surface area contributed by atoms with Crippen LogP contribution in [0.1, 0.15) is 27.3 Å². The molecule has 3 heterocycles. The minimum Gasteiger partial charge on any atom is -0.378 e. The Bertz CT molecular complexity index is 1040. The van der Waals surface area contributed by atoms with E-state index in [-0.39, 0.29) is 5.91 Å². The molecule has 1 aliphatic rings. The van der Waals surface area contributed by atoms with Crippen LogP contribution in [0.2, 0.25) is 0 Å². The van der Waals surface area contributed by atoms with E-state index in [2.05, 4.69) is 36.2 Å². The first kappa shape index (κ1) is 20.6. The number of halogens is 1. The van der Waals surface area contributed by atoms with Gasteiger partial charge >= 0.3 is 0 Å². The van der Waals surface area contributed by atoms with Crippen LogP contribution in [-0.2, 0) is 11.3 Å². The lowest BCUT2D eigenvalue weighted by Crippen LogP contribution is -2.36. The van der Waals surface area contributed by atoms with E-state index in [0.29, 0.717) is 31.0 Å². The summed E-state index contributed by atoms with van der Waals surface area (Å²) in [6.45, 7) is 7.29. The largest absolute Gasteiger partial charge is 0.378 e. The van der Waals surface area contributed by atoms with Gasteiger partial charge in [-0.1, -0.05) is 15.9 Å². The number of rotatable bonds is 5. The number of aromatic nitrogens is 3. The van der Waals surface area contributed by atoms with Crippen molar-refractivity contribution in [1.29, 1.82) is 0 Å². The quantitative estimate of drug-likeness (QED) is 0.619. The maximum Gasteiger partial charge on any atom is 0.255 e. The molecule has 7 nitrogen and oxygen atoms in total.